The highest BCUT2D eigenvalue weighted by Crippen LogP contribution is 2.27. The molecule has 1 aromatic heterocycles. The van der Waals surface area contributed by atoms with Gasteiger partial charge < -0.3 is 20.3 Å². The molecule has 0 aliphatic carbocycles. The Hall–Kier alpha value is -2.51. The van der Waals surface area contributed by atoms with Crippen LogP contribution in [-0.2, 0) is 4.74 Å². The monoisotopic (exact) mass is 353 g/mol. The van der Waals surface area contributed by atoms with Crippen LogP contribution in [0.3, 0.4) is 0 Å². The predicted molar refractivity (Wildman–Crippen MR) is 98.1 cm³/mol. The first-order valence-electron chi connectivity index (χ1n) is 8.97. The Morgan fingerprint density at radius 2 is 1.77 bits per heavy atom. The van der Waals surface area contributed by atoms with Crippen LogP contribution in [0.15, 0.2) is 42.7 Å². The van der Waals surface area contributed by atoms with Crippen molar-refractivity contribution in [2.75, 3.05) is 44.3 Å². The molecule has 2 aliphatic heterocycles. The highest BCUT2D eigenvalue weighted by Gasteiger charge is 2.34. The van der Waals surface area contributed by atoms with Crippen molar-refractivity contribution in [1.82, 2.24) is 14.9 Å². The van der Waals surface area contributed by atoms with Crippen LogP contribution in [-0.4, -0.2) is 66.2 Å². The Labute approximate surface area is 152 Å². The number of nitrogens with zero attached hydrogens (tertiary/aromatic N) is 4. The second kappa shape index (κ2) is 7.39. The van der Waals surface area contributed by atoms with Gasteiger partial charge in [0.1, 0.15) is 0 Å². The smallest absolute Gasteiger partial charge is 0.257 e. The van der Waals surface area contributed by atoms with Crippen molar-refractivity contribution in [3.8, 4) is 0 Å². The Kier molecular flexibility index (Phi) is 4.81. The Morgan fingerprint density at radius 3 is 2.46 bits per heavy atom. The summed E-state index contributed by atoms with van der Waals surface area (Å²) in [7, 11) is 0. The zero-order valence-electron chi connectivity index (χ0n) is 14.6. The van der Waals surface area contributed by atoms with Crippen molar-refractivity contribution in [3.05, 3.63) is 53.9 Å². The summed E-state index contributed by atoms with van der Waals surface area (Å²) in [5.74, 6) is 0.742. The van der Waals surface area contributed by atoms with Gasteiger partial charge >= 0.3 is 0 Å². The molecule has 0 spiro atoms. The fraction of sp³-hybridized carbons (Fsp3) is 0.421. The molecule has 2 saturated heterocycles. The first-order valence-corrected chi connectivity index (χ1v) is 8.97. The van der Waals surface area contributed by atoms with Gasteiger partial charge in [-0.05, 0) is 5.56 Å². The number of morpholine rings is 1. The minimum atomic E-state index is -0.0626. The maximum atomic E-state index is 12.8. The number of ether oxygens (including phenoxy) is 1. The van der Waals surface area contributed by atoms with Gasteiger partial charge in [0.15, 0.2) is 0 Å². The Bertz CT molecular complexity index is 746. The second-order valence-corrected chi connectivity index (χ2v) is 6.76. The fourth-order valence-electron chi connectivity index (χ4n) is 3.59. The van der Waals surface area contributed by atoms with Crippen LogP contribution in [0, 0.1) is 0 Å². The number of hydrogen-bond acceptors (Lipinski definition) is 6. The highest BCUT2D eigenvalue weighted by atomic mass is 16.5. The zero-order valence-corrected chi connectivity index (χ0v) is 14.6. The topological polar surface area (TPSA) is 84.6 Å². The van der Waals surface area contributed by atoms with Gasteiger partial charge in [0.25, 0.3) is 5.91 Å². The molecule has 0 radical (unpaired) electrons. The maximum absolute atomic E-state index is 12.8. The lowest BCUT2D eigenvalue weighted by atomic mass is 9.95. The zero-order chi connectivity index (χ0) is 17.9. The minimum absolute atomic E-state index is 0.0603. The molecule has 1 amide bonds. The molecular weight excluding hydrogens is 330 g/mol. The normalized spacial score (nSPS) is 23.3. The molecule has 2 atom stereocenters. The molecule has 3 heterocycles. The van der Waals surface area contributed by atoms with Gasteiger partial charge in [-0.3, -0.25) is 4.79 Å². The van der Waals surface area contributed by atoms with Crippen LogP contribution in [0.25, 0.3) is 0 Å². The molecule has 2 unspecified atom stereocenters. The van der Waals surface area contributed by atoms with Crippen molar-refractivity contribution in [3.63, 3.8) is 0 Å². The summed E-state index contributed by atoms with van der Waals surface area (Å²) in [5, 5.41) is 0. The van der Waals surface area contributed by atoms with Crippen LogP contribution in [0.1, 0.15) is 21.8 Å². The third-order valence-electron chi connectivity index (χ3n) is 5.06. The summed E-state index contributed by atoms with van der Waals surface area (Å²) in [6.07, 6.45) is 3.23. The first kappa shape index (κ1) is 16.9. The number of amides is 1. The quantitative estimate of drug-likeness (QED) is 0.882. The van der Waals surface area contributed by atoms with Crippen LogP contribution >= 0.6 is 0 Å². The van der Waals surface area contributed by atoms with E-state index in [1.54, 1.807) is 17.3 Å². The average molecular weight is 353 g/mol. The molecule has 2 fully saturated rings. The number of carbonyl (C=O) groups is 1. The molecular formula is C19H23N5O2. The third-order valence-corrected chi connectivity index (χ3v) is 5.06. The van der Waals surface area contributed by atoms with E-state index in [0.29, 0.717) is 37.8 Å². The minimum Gasteiger partial charge on any atom is -0.378 e. The highest BCUT2D eigenvalue weighted by molar-refractivity contribution is 5.94. The number of benzene rings is 1. The van der Waals surface area contributed by atoms with E-state index in [9.17, 15) is 4.79 Å². The summed E-state index contributed by atoms with van der Waals surface area (Å²) >= 11 is 0. The van der Waals surface area contributed by atoms with Crippen molar-refractivity contribution in [1.29, 1.82) is 0 Å². The number of nitrogens with two attached hydrogens (primary N) is 1. The summed E-state index contributed by atoms with van der Waals surface area (Å²) in [4.78, 5) is 25.4. The number of likely N-dealkylation sites (tertiary alicyclic amines) is 1. The van der Waals surface area contributed by atoms with Crippen molar-refractivity contribution in [2.45, 2.75) is 12.0 Å². The van der Waals surface area contributed by atoms with E-state index in [4.69, 9.17) is 10.5 Å². The van der Waals surface area contributed by atoms with Crippen molar-refractivity contribution < 1.29 is 9.53 Å². The summed E-state index contributed by atoms with van der Waals surface area (Å²) in [6.45, 7) is 4.06. The van der Waals surface area contributed by atoms with Gasteiger partial charge in [0.05, 0.1) is 18.8 Å². The van der Waals surface area contributed by atoms with Crippen LogP contribution in [0.4, 0.5) is 5.95 Å². The van der Waals surface area contributed by atoms with E-state index in [2.05, 4.69) is 27.0 Å². The van der Waals surface area contributed by atoms with E-state index in [-0.39, 0.29) is 17.9 Å². The average Bonchev–Trinajstić information content (AvgIpc) is 3.10. The number of rotatable bonds is 3. The SMILES string of the molecule is NC1CN(C(=O)c2cnc(N3CCOCC3)nc2)CC1c1ccccc1. The van der Waals surface area contributed by atoms with E-state index in [1.165, 1.54) is 5.56 Å². The summed E-state index contributed by atoms with van der Waals surface area (Å²) < 4.78 is 5.34. The molecule has 2 aliphatic rings. The van der Waals surface area contributed by atoms with Crippen molar-refractivity contribution in [2.24, 2.45) is 5.73 Å². The largest absolute Gasteiger partial charge is 0.378 e. The second-order valence-electron chi connectivity index (χ2n) is 6.76. The molecule has 1 aromatic carbocycles. The van der Waals surface area contributed by atoms with Gasteiger partial charge in [0, 0.05) is 50.5 Å². The Balaban J connectivity index is 1.44. The van der Waals surface area contributed by atoms with Gasteiger partial charge in [-0.1, -0.05) is 30.3 Å². The van der Waals surface area contributed by atoms with E-state index in [1.807, 2.05) is 18.2 Å². The van der Waals surface area contributed by atoms with Gasteiger partial charge in [-0.2, -0.15) is 0 Å². The molecule has 0 saturated carbocycles. The van der Waals surface area contributed by atoms with Crippen LogP contribution in [0.5, 0.6) is 0 Å². The van der Waals surface area contributed by atoms with E-state index >= 15 is 0 Å². The molecule has 7 heteroatoms. The standard InChI is InChI=1S/C19H23N5O2/c20-17-13-24(12-16(17)14-4-2-1-3-5-14)18(25)15-10-21-19(22-11-15)23-6-8-26-9-7-23/h1-5,10-11,16-17H,6-9,12-13,20H2. The maximum Gasteiger partial charge on any atom is 0.257 e. The molecule has 2 N–H and O–H groups in total. The lowest BCUT2D eigenvalue weighted by molar-refractivity contribution is 0.0788. The number of anilines is 1. The number of aromatic nitrogens is 2. The van der Waals surface area contributed by atoms with E-state index in [0.717, 1.165) is 13.1 Å². The lowest BCUT2D eigenvalue weighted by Crippen LogP contribution is -2.37. The molecule has 4 rings (SSSR count). The van der Waals surface area contributed by atoms with Crippen LogP contribution in [0.2, 0.25) is 0 Å². The molecule has 7 nitrogen and oxygen atoms in total. The van der Waals surface area contributed by atoms with Crippen molar-refractivity contribution >= 4 is 11.9 Å². The third kappa shape index (κ3) is 3.40. The summed E-state index contributed by atoms with van der Waals surface area (Å²) in [5.41, 5.74) is 7.97. The molecule has 0 bridgehead atoms. The predicted octanol–water partition coefficient (Wildman–Crippen LogP) is 0.880. The molecule has 2 aromatic rings. The summed E-state index contributed by atoms with van der Waals surface area (Å²) in [6, 6.07) is 10.1. The molecule has 136 valence electrons. The van der Waals surface area contributed by atoms with Gasteiger partial charge in [-0.25, -0.2) is 9.97 Å². The first-order chi connectivity index (χ1) is 12.7. The van der Waals surface area contributed by atoms with Gasteiger partial charge in [0.2, 0.25) is 5.95 Å². The fourth-order valence-corrected chi connectivity index (χ4v) is 3.59. The Morgan fingerprint density at radius 1 is 1.08 bits per heavy atom. The molecule has 26 heavy (non-hydrogen) atoms. The van der Waals surface area contributed by atoms with Gasteiger partial charge in [-0.15, -0.1) is 0 Å². The number of hydrogen-bond donors (Lipinski definition) is 1. The van der Waals surface area contributed by atoms with Crippen LogP contribution < -0.4 is 10.6 Å². The number of carbonyl (C=O) groups excluding carboxylic acids is 1. The lowest BCUT2D eigenvalue weighted by Gasteiger charge is -2.26. The van der Waals surface area contributed by atoms with E-state index < -0.39 is 0 Å².